The molecule has 17 heavy (non-hydrogen) atoms. The van der Waals surface area contributed by atoms with Crippen molar-refractivity contribution in [3.05, 3.63) is 0 Å². The lowest BCUT2D eigenvalue weighted by Gasteiger charge is -2.49. The van der Waals surface area contributed by atoms with E-state index >= 15 is 0 Å². The Hall–Kier alpha value is -0.860. The molecule has 2 atom stereocenters. The van der Waals surface area contributed by atoms with E-state index in [4.69, 9.17) is 0 Å². The highest BCUT2D eigenvalue weighted by molar-refractivity contribution is 6.22. The van der Waals surface area contributed by atoms with Gasteiger partial charge in [-0.25, -0.2) is 0 Å². The van der Waals surface area contributed by atoms with Crippen LogP contribution in [-0.4, -0.2) is 22.8 Å². The topological polar surface area (TPSA) is 37.4 Å². The zero-order valence-corrected chi connectivity index (χ0v) is 10.6. The van der Waals surface area contributed by atoms with Crippen LogP contribution in [0.3, 0.4) is 0 Å². The molecule has 1 aliphatic heterocycles. The lowest BCUT2D eigenvalue weighted by Crippen LogP contribution is -2.68. The molecule has 2 amide bonds. The number of hydrogen-bond acceptors (Lipinski definition) is 2. The van der Waals surface area contributed by atoms with E-state index in [1.807, 2.05) is 0 Å². The average Bonchev–Trinajstić information content (AvgIpc) is 2.81. The van der Waals surface area contributed by atoms with Gasteiger partial charge in [0.25, 0.3) is 0 Å². The molecular formula is C14H21NO2. The Bertz CT molecular complexity index is 339. The van der Waals surface area contributed by atoms with Gasteiger partial charge in [0.15, 0.2) is 0 Å². The molecule has 3 nitrogen and oxygen atoms in total. The fraction of sp³-hybridized carbons (Fsp3) is 0.857. The molecule has 0 bridgehead atoms. The predicted octanol–water partition coefficient (Wildman–Crippen LogP) is 2.49. The zero-order chi connectivity index (χ0) is 12.0. The third-order valence-corrected chi connectivity index (χ3v) is 4.99. The first kappa shape index (κ1) is 11.2. The molecule has 3 aliphatic rings. The molecule has 3 rings (SSSR count). The SMILES string of the molecule is CC1CCCC(N2C(=O)C3(CCCC3)C2=O)C1. The van der Waals surface area contributed by atoms with Crippen molar-refractivity contribution in [2.75, 3.05) is 0 Å². The van der Waals surface area contributed by atoms with Gasteiger partial charge in [-0.1, -0.05) is 32.6 Å². The van der Waals surface area contributed by atoms with Gasteiger partial charge in [0.1, 0.15) is 5.41 Å². The van der Waals surface area contributed by atoms with Crippen molar-refractivity contribution in [3.63, 3.8) is 0 Å². The number of rotatable bonds is 1. The van der Waals surface area contributed by atoms with Gasteiger partial charge in [-0.3, -0.25) is 14.5 Å². The second kappa shape index (κ2) is 3.82. The lowest BCUT2D eigenvalue weighted by molar-refractivity contribution is -0.181. The van der Waals surface area contributed by atoms with Crippen molar-refractivity contribution in [1.82, 2.24) is 4.90 Å². The van der Waals surface area contributed by atoms with Gasteiger partial charge in [-0.2, -0.15) is 0 Å². The molecule has 1 heterocycles. The van der Waals surface area contributed by atoms with E-state index in [0.717, 1.165) is 44.9 Å². The maximum atomic E-state index is 12.3. The minimum atomic E-state index is -0.555. The summed E-state index contributed by atoms with van der Waals surface area (Å²) >= 11 is 0. The van der Waals surface area contributed by atoms with E-state index < -0.39 is 5.41 Å². The van der Waals surface area contributed by atoms with E-state index in [1.54, 1.807) is 4.90 Å². The first-order chi connectivity index (χ1) is 8.15. The van der Waals surface area contributed by atoms with Gasteiger partial charge < -0.3 is 0 Å². The van der Waals surface area contributed by atoms with Gasteiger partial charge in [0.05, 0.1) is 0 Å². The Labute approximate surface area is 103 Å². The van der Waals surface area contributed by atoms with Crippen molar-refractivity contribution in [2.45, 2.75) is 64.3 Å². The third-order valence-electron chi connectivity index (χ3n) is 4.99. The molecule has 94 valence electrons. The molecule has 0 aromatic carbocycles. The highest BCUT2D eigenvalue weighted by Crippen LogP contribution is 2.49. The van der Waals surface area contributed by atoms with Crippen LogP contribution in [-0.2, 0) is 9.59 Å². The Morgan fingerprint density at radius 2 is 1.71 bits per heavy atom. The molecule has 0 aromatic rings. The standard InChI is InChI=1S/C14H21NO2/c1-10-5-4-6-11(9-10)15-12(16)14(13(15)17)7-2-3-8-14/h10-11H,2-9H2,1H3. The summed E-state index contributed by atoms with van der Waals surface area (Å²) in [4.78, 5) is 26.2. The second-order valence-corrected chi connectivity index (χ2v) is 6.20. The maximum absolute atomic E-state index is 12.3. The Balaban J connectivity index is 1.74. The molecule has 3 fully saturated rings. The Morgan fingerprint density at radius 3 is 2.29 bits per heavy atom. The highest BCUT2D eigenvalue weighted by atomic mass is 16.2. The molecule has 2 aliphatic carbocycles. The molecular weight excluding hydrogens is 214 g/mol. The summed E-state index contributed by atoms with van der Waals surface area (Å²) in [6.07, 6.45) is 8.17. The molecule has 1 saturated heterocycles. The maximum Gasteiger partial charge on any atom is 0.245 e. The third kappa shape index (κ3) is 1.47. The van der Waals surface area contributed by atoms with Crippen LogP contribution in [0.1, 0.15) is 58.3 Å². The fourth-order valence-electron chi connectivity index (χ4n) is 3.97. The van der Waals surface area contributed by atoms with Gasteiger partial charge in [-0.15, -0.1) is 0 Å². The van der Waals surface area contributed by atoms with E-state index in [2.05, 4.69) is 6.92 Å². The fourth-order valence-corrected chi connectivity index (χ4v) is 3.97. The number of likely N-dealkylation sites (tertiary alicyclic amines) is 1. The largest absolute Gasteiger partial charge is 0.278 e. The van der Waals surface area contributed by atoms with Gasteiger partial charge in [0, 0.05) is 6.04 Å². The van der Waals surface area contributed by atoms with Crippen LogP contribution in [0.5, 0.6) is 0 Å². The van der Waals surface area contributed by atoms with Crippen LogP contribution in [0.25, 0.3) is 0 Å². The summed E-state index contributed by atoms with van der Waals surface area (Å²) < 4.78 is 0. The van der Waals surface area contributed by atoms with Crippen LogP contribution in [0, 0.1) is 11.3 Å². The van der Waals surface area contributed by atoms with Crippen molar-refractivity contribution < 1.29 is 9.59 Å². The molecule has 3 heteroatoms. The molecule has 0 N–H and O–H groups in total. The number of carbonyl (C=O) groups is 2. The summed E-state index contributed by atoms with van der Waals surface area (Å²) in [6, 6.07) is 0.213. The number of carbonyl (C=O) groups excluding carboxylic acids is 2. The van der Waals surface area contributed by atoms with E-state index in [-0.39, 0.29) is 17.9 Å². The summed E-state index contributed by atoms with van der Waals surface area (Å²) in [5.74, 6) is 0.965. The van der Waals surface area contributed by atoms with E-state index in [9.17, 15) is 9.59 Å². The van der Waals surface area contributed by atoms with Crippen molar-refractivity contribution >= 4 is 11.8 Å². The molecule has 2 unspecified atom stereocenters. The molecule has 1 spiro atoms. The number of hydrogen-bond donors (Lipinski definition) is 0. The average molecular weight is 235 g/mol. The van der Waals surface area contributed by atoms with Gasteiger partial charge >= 0.3 is 0 Å². The minimum absolute atomic E-state index is 0.152. The minimum Gasteiger partial charge on any atom is -0.278 e. The highest BCUT2D eigenvalue weighted by Gasteiger charge is 2.63. The van der Waals surface area contributed by atoms with Crippen molar-refractivity contribution in [2.24, 2.45) is 11.3 Å². The normalized spacial score (nSPS) is 36.4. The van der Waals surface area contributed by atoms with Crippen molar-refractivity contribution in [3.8, 4) is 0 Å². The first-order valence-corrected chi connectivity index (χ1v) is 7.03. The van der Waals surface area contributed by atoms with Crippen LogP contribution >= 0.6 is 0 Å². The van der Waals surface area contributed by atoms with Crippen LogP contribution in [0.4, 0.5) is 0 Å². The van der Waals surface area contributed by atoms with E-state index in [0.29, 0.717) is 5.92 Å². The predicted molar refractivity (Wildman–Crippen MR) is 64.2 cm³/mol. The zero-order valence-electron chi connectivity index (χ0n) is 10.6. The quantitative estimate of drug-likeness (QED) is 0.517. The number of β-lactam (4-membered cyclic amide) rings is 2. The van der Waals surface area contributed by atoms with Gasteiger partial charge in [-0.05, 0) is 31.6 Å². The number of nitrogens with zero attached hydrogens (tertiary/aromatic N) is 1. The summed E-state index contributed by atoms with van der Waals surface area (Å²) in [7, 11) is 0. The molecule has 2 saturated carbocycles. The molecule has 0 aromatic heterocycles. The molecule has 0 radical (unpaired) electrons. The van der Waals surface area contributed by atoms with Crippen LogP contribution in [0.15, 0.2) is 0 Å². The summed E-state index contributed by atoms with van der Waals surface area (Å²) in [5, 5.41) is 0. The van der Waals surface area contributed by atoms with Gasteiger partial charge in [0.2, 0.25) is 11.8 Å². The summed E-state index contributed by atoms with van der Waals surface area (Å²) in [5.41, 5.74) is -0.555. The van der Waals surface area contributed by atoms with Crippen molar-refractivity contribution in [1.29, 1.82) is 0 Å². The lowest BCUT2D eigenvalue weighted by atomic mass is 9.73. The Morgan fingerprint density at radius 1 is 1.06 bits per heavy atom. The Kier molecular flexibility index (Phi) is 2.53. The van der Waals surface area contributed by atoms with Crippen LogP contribution < -0.4 is 0 Å². The second-order valence-electron chi connectivity index (χ2n) is 6.20. The first-order valence-electron chi connectivity index (χ1n) is 7.03. The smallest absolute Gasteiger partial charge is 0.245 e. The number of imide groups is 1. The van der Waals surface area contributed by atoms with E-state index in [1.165, 1.54) is 6.42 Å². The monoisotopic (exact) mass is 235 g/mol. The van der Waals surface area contributed by atoms with Crippen LogP contribution in [0.2, 0.25) is 0 Å². The summed E-state index contributed by atoms with van der Waals surface area (Å²) in [6.45, 7) is 2.23. The number of amides is 2.